The predicted octanol–water partition coefficient (Wildman–Crippen LogP) is 5.74. The molecule has 0 aliphatic carbocycles. The number of hydrogen-bond acceptors (Lipinski definition) is 2. The van der Waals surface area contributed by atoms with E-state index < -0.39 is 22.1 Å². The van der Waals surface area contributed by atoms with Gasteiger partial charge in [0.25, 0.3) is 0 Å². The normalized spacial score (nSPS) is 12.9. The van der Waals surface area contributed by atoms with Crippen LogP contribution in [0.15, 0.2) is 60.7 Å². The van der Waals surface area contributed by atoms with Gasteiger partial charge in [-0.1, -0.05) is 0 Å². The van der Waals surface area contributed by atoms with E-state index in [1.807, 2.05) is 20.8 Å². The first-order valence-corrected chi connectivity index (χ1v) is 23.8. The minimum absolute atomic E-state index is 0.0417. The summed E-state index contributed by atoms with van der Waals surface area (Å²) in [6.07, 6.45) is 0.0417. The Morgan fingerprint density at radius 3 is 1.78 bits per heavy atom. The Hall–Kier alpha value is -0.225. The van der Waals surface area contributed by atoms with Crippen LogP contribution >= 0.6 is 11.9 Å². The zero-order valence-electron chi connectivity index (χ0n) is 14.0. The maximum absolute atomic E-state index is 5.94. The number of benzene rings is 2. The Kier molecular flexibility index (Phi) is 7.73. The second-order valence-corrected chi connectivity index (χ2v) is 17.3. The molecule has 120 valence electrons. The van der Waals surface area contributed by atoms with Gasteiger partial charge in [0.05, 0.1) is 0 Å². The molecule has 4 heteroatoms. The zero-order valence-corrected chi connectivity index (χ0v) is 21.1. The predicted molar refractivity (Wildman–Crippen MR) is 94.2 cm³/mol. The molecule has 0 bridgehead atoms. The van der Waals surface area contributed by atoms with E-state index in [1.54, 1.807) is 0 Å². The van der Waals surface area contributed by atoms with E-state index in [0.29, 0.717) is 0 Å². The van der Waals surface area contributed by atoms with Crippen molar-refractivity contribution < 1.29 is 31.9 Å². The third-order valence-electron chi connectivity index (χ3n) is 3.50. The van der Waals surface area contributed by atoms with Crippen molar-refractivity contribution in [3.63, 3.8) is 0 Å². The Morgan fingerprint density at radius 2 is 1.39 bits per heavy atom. The van der Waals surface area contributed by atoms with Crippen LogP contribution in [0.2, 0.25) is 3.93 Å². The summed E-state index contributed by atoms with van der Waals surface area (Å²) < 4.78 is 1.09. The van der Waals surface area contributed by atoms with Gasteiger partial charge < -0.3 is 0 Å². The van der Waals surface area contributed by atoms with E-state index in [0.717, 1.165) is 3.93 Å². The second-order valence-electron chi connectivity index (χ2n) is 6.61. The second kappa shape index (κ2) is 9.31. The third kappa shape index (κ3) is 6.30. The molecule has 1 atom stereocenters. The molecule has 0 amide bonds. The van der Waals surface area contributed by atoms with Gasteiger partial charge in [-0.3, -0.25) is 0 Å². The molecule has 0 heterocycles. The van der Waals surface area contributed by atoms with Crippen LogP contribution in [0.5, 0.6) is 0 Å². The molecule has 0 saturated carbocycles. The van der Waals surface area contributed by atoms with Crippen LogP contribution in [-0.2, 0) is 31.9 Å². The first-order valence-electron chi connectivity index (χ1n) is 8.01. The van der Waals surface area contributed by atoms with Crippen molar-refractivity contribution in [2.24, 2.45) is 0 Å². The van der Waals surface area contributed by atoms with Crippen LogP contribution in [0.1, 0.15) is 37.8 Å². The quantitative estimate of drug-likeness (QED) is 0.243. The summed E-state index contributed by atoms with van der Waals surface area (Å²) in [6, 6.07) is 21.2. The van der Waals surface area contributed by atoms with Crippen LogP contribution < -0.4 is 0 Å². The first-order chi connectivity index (χ1) is 11.0. The molecule has 2 rings (SSSR count). The average Bonchev–Trinajstić information content (AvgIpc) is 2.54. The summed E-state index contributed by atoms with van der Waals surface area (Å²) in [5, 5.41) is 0. The van der Waals surface area contributed by atoms with E-state index in [4.69, 9.17) is 9.78 Å². The van der Waals surface area contributed by atoms with Crippen LogP contribution in [0.4, 0.5) is 0 Å². The molecule has 0 aliphatic rings. The molecule has 2 aromatic rings. The molecule has 2 aromatic carbocycles. The van der Waals surface area contributed by atoms with Gasteiger partial charge in [0, 0.05) is 0 Å². The summed E-state index contributed by atoms with van der Waals surface area (Å²) in [5.41, 5.74) is 2.24. The topological polar surface area (TPSA) is 18.5 Å². The van der Waals surface area contributed by atoms with Crippen molar-refractivity contribution in [2.75, 3.05) is 0 Å². The first kappa shape index (κ1) is 19.1. The molecular formula is C19H23BrHgO2. The molecule has 0 radical (unpaired) electrons. The van der Waals surface area contributed by atoms with Gasteiger partial charge in [-0.2, -0.15) is 0 Å². The molecule has 0 N–H and O–H groups in total. The Labute approximate surface area is 157 Å². The standard InChI is InChI=1S/C19H23O2.BrH.Hg/c1-15(20-21-19(2,3)4)18(16-11-7-5-8-12-16)17-13-9-6-10-14-17;;/h5-15,18H,1H2,2-4H3;1H;/q;;+1/p-1. The fourth-order valence-corrected chi connectivity index (χ4v) is 8.99. The van der Waals surface area contributed by atoms with E-state index in [9.17, 15) is 0 Å². The van der Waals surface area contributed by atoms with Crippen LogP contribution in [0, 0.1) is 0 Å². The van der Waals surface area contributed by atoms with Crippen LogP contribution in [0.25, 0.3) is 0 Å². The van der Waals surface area contributed by atoms with Gasteiger partial charge in [0.15, 0.2) is 0 Å². The van der Waals surface area contributed by atoms with E-state index in [2.05, 4.69) is 72.6 Å². The zero-order chi connectivity index (χ0) is 16.7. The number of rotatable bonds is 7. The summed E-state index contributed by atoms with van der Waals surface area (Å²) in [6.45, 7) is 6.05. The minimum atomic E-state index is -1.07. The molecular weight excluding hydrogens is 541 g/mol. The Morgan fingerprint density at radius 1 is 0.913 bits per heavy atom. The van der Waals surface area contributed by atoms with Crippen molar-refractivity contribution >= 4 is 11.9 Å². The molecule has 0 saturated heterocycles. The van der Waals surface area contributed by atoms with Gasteiger partial charge in [-0.15, -0.1) is 0 Å². The average molecular weight is 564 g/mol. The number of hydrogen-bond donors (Lipinski definition) is 0. The molecule has 1 unspecified atom stereocenters. The van der Waals surface area contributed by atoms with E-state index in [1.165, 1.54) is 11.1 Å². The fourth-order valence-electron chi connectivity index (χ4n) is 2.53. The molecule has 0 fully saturated rings. The SMILES string of the molecule is CC(C)(C)OOC([CH2][Hg][Br])C(c1ccccc1)c1ccccc1. The van der Waals surface area contributed by atoms with E-state index >= 15 is 0 Å². The van der Waals surface area contributed by atoms with Crippen molar-refractivity contribution in [1.29, 1.82) is 0 Å². The molecule has 2 nitrogen and oxygen atoms in total. The van der Waals surface area contributed by atoms with Crippen molar-refractivity contribution in [3.05, 3.63) is 71.8 Å². The summed E-state index contributed by atoms with van der Waals surface area (Å²) in [5.74, 6) is 0.192. The fraction of sp³-hybridized carbons (Fsp3) is 0.368. The molecule has 0 aliphatic heterocycles. The van der Waals surface area contributed by atoms with Crippen LogP contribution in [0.3, 0.4) is 0 Å². The Bertz CT molecular complexity index is 529. The number of halogens is 1. The monoisotopic (exact) mass is 564 g/mol. The van der Waals surface area contributed by atoms with Crippen LogP contribution in [-0.4, -0.2) is 11.7 Å². The van der Waals surface area contributed by atoms with Gasteiger partial charge in [-0.05, 0) is 0 Å². The summed E-state index contributed by atoms with van der Waals surface area (Å²) in [4.78, 5) is 11.6. The van der Waals surface area contributed by atoms with Gasteiger partial charge in [-0.25, -0.2) is 0 Å². The van der Waals surface area contributed by atoms with Crippen molar-refractivity contribution in [1.82, 2.24) is 0 Å². The summed E-state index contributed by atoms with van der Waals surface area (Å²) in [7, 11) is 0. The summed E-state index contributed by atoms with van der Waals surface area (Å²) >= 11 is 2.70. The van der Waals surface area contributed by atoms with Gasteiger partial charge in [0.1, 0.15) is 0 Å². The van der Waals surface area contributed by atoms with Crippen molar-refractivity contribution in [2.45, 2.75) is 42.3 Å². The molecule has 23 heavy (non-hydrogen) atoms. The van der Waals surface area contributed by atoms with Gasteiger partial charge in [0.2, 0.25) is 0 Å². The molecule has 0 spiro atoms. The Balaban J connectivity index is 2.33. The van der Waals surface area contributed by atoms with Crippen molar-refractivity contribution in [3.8, 4) is 0 Å². The third-order valence-corrected chi connectivity index (χ3v) is 10.6. The molecule has 0 aromatic heterocycles. The van der Waals surface area contributed by atoms with Gasteiger partial charge >= 0.3 is 158 Å². The van der Waals surface area contributed by atoms with E-state index in [-0.39, 0.29) is 17.6 Å². The maximum atomic E-state index is 5.94.